The summed E-state index contributed by atoms with van der Waals surface area (Å²) in [5.74, 6) is 0.298. The van der Waals surface area contributed by atoms with Crippen molar-refractivity contribution in [2.75, 3.05) is 14.2 Å². The highest BCUT2D eigenvalue weighted by atomic mass is 16.5. The molecule has 27 heavy (non-hydrogen) atoms. The Morgan fingerprint density at radius 3 is 2.48 bits per heavy atom. The lowest BCUT2D eigenvalue weighted by atomic mass is 10.1. The molecule has 1 aromatic heterocycles. The number of carbonyl (C=O) groups excluding carboxylic acids is 1. The zero-order chi connectivity index (χ0) is 19.2. The van der Waals surface area contributed by atoms with E-state index < -0.39 is 5.91 Å². The maximum Gasteiger partial charge on any atom is 0.261 e. The molecule has 1 heterocycles. The normalized spacial score (nSPS) is 10.9. The van der Waals surface area contributed by atoms with Crippen LogP contribution < -0.4 is 10.1 Å². The summed E-state index contributed by atoms with van der Waals surface area (Å²) in [5, 5.41) is 16.5. The molecule has 0 aliphatic carbocycles. The van der Waals surface area contributed by atoms with Gasteiger partial charge in [0.25, 0.3) is 5.91 Å². The maximum absolute atomic E-state index is 11.9. The monoisotopic (exact) mass is 358 g/mol. The van der Waals surface area contributed by atoms with E-state index in [1.165, 1.54) is 7.05 Å². The molecule has 2 aromatic carbocycles. The largest absolute Gasteiger partial charge is 0.497 e. The van der Waals surface area contributed by atoms with Crippen molar-refractivity contribution in [2.45, 2.75) is 0 Å². The Morgan fingerprint density at radius 1 is 1.19 bits per heavy atom. The van der Waals surface area contributed by atoms with E-state index in [2.05, 4.69) is 10.4 Å². The fourth-order valence-corrected chi connectivity index (χ4v) is 2.62. The van der Waals surface area contributed by atoms with Gasteiger partial charge in [0, 0.05) is 24.4 Å². The van der Waals surface area contributed by atoms with Crippen LogP contribution in [-0.2, 0) is 4.79 Å². The maximum atomic E-state index is 11.9. The third-order valence-corrected chi connectivity index (χ3v) is 4.02. The van der Waals surface area contributed by atoms with Gasteiger partial charge < -0.3 is 10.1 Å². The highest BCUT2D eigenvalue weighted by molar-refractivity contribution is 6.02. The number of likely N-dealkylation sites (N-methyl/N-ethyl adjacent to an activating group) is 1. The number of para-hydroxylation sites is 1. The molecular weight excluding hydrogens is 340 g/mol. The van der Waals surface area contributed by atoms with Crippen LogP contribution in [0, 0.1) is 11.3 Å². The molecule has 0 saturated heterocycles. The summed E-state index contributed by atoms with van der Waals surface area (Å²) >= 11 is 0. The number of rotatable bonds is 5. The Bertz CT molecular complexity index is 1010. The van der Waals surface area contributed by atoms with E-state index in [-0.39, 0.29) is 5.57 Å². The quantitative estimate of drug-likeness (QED) is 0.561. The van der Waals surface area contributed by atoms with Crippen LogP contribution in [0.3, 0.4) is 0 Å². The molecule has 0 saturated carbocycles. The van der Waals surface area contributed by atoms with E-state index in [0.29, 0.717) is 11.3 Å². The van der Waals surface area contributed by atoms with Gasteiger partial charge in [0.1, 0.15) is 17.4 Å². The molecule has 0 atom stereocenters. The highest BCUT2D eigenvalue weighted by Crippen LogP contribution is 2.27. The Kier molecular flexibility index (Phi) is 5.33. The third kappa shape index (κ3) is 3.88. The summed E-state index contributed by atoms with van der Waals surface area (Å²) in [7, 11) is 3.10. The Labute approximate surface area is 157 Å². The summed E-state index contributed by atoms with van der Waals surface area (Å²) in [6, 6.07) is 19.0. The van der Waals surface area contributed by atoms with Crippen molar-refractivity contribution < 1.29 is 9.53 Å². The standard InChI is InChI=1S/C21H18N4O2/c1-23-21(26)16(13-22)12-17-14-25(18-6-4-3-5-7-18)24-20(17)15-8-10-19(27-2)11-9-15/h3-12,14H,1-2H3,(H,23,26)/b16-12+. The second kappa shape index (κ2) is 8.02. The van der Waals surface area contributed by atoms with Crippen LogP contribution in [0.5, 0.6) is 5.75 Å². The number of carbonyl (C=O) groups is 1. The van der Waals surface area contributed by atoms with Crippen LogP contribution in [-0.4, -0.2) is 29.8 Å². The minimum Gasteiger partial charge on any atom is -0.497 e. The number of nitriles is 1. The van der Waals surface area contributed by atoms with Crippen molar-refractivity contribution in [3.63, 3.8) is 0 Å². The van der Waals surface area contributed by atoms with Crippen LogP contribution in [0.4, 0.5) is 0 Å². The molecule has 0 radical (unpaired) electrons. The smallest absolute Gasteiger partial charge is 0.261 e. The lowest BCUT2D eigenvalue weighted by Crippen LogP contribution is -2.19. The van der Waals surface area contributed by atoms with Gasteiger partial charge in [-0.1, -0.05) is 18.2 Å². The number of nitrogens with one attached hydrogen (secondary N) is 1. The molecule has 0 bridgehead atoms. The number of hydrogen-bond donors (Lipinski definition) is 1. The van der Waals surface area contributed by atoms with Gasteiger partial charge in [-0.3, -0.25) is 4.79 Å². The van der Waals surface area contributed by atoms with Crippen molar-refractivity contribution >= 4 is 12.0 Å². The van der Waals surface area contributed by atoms with Gasteiger partial charge in [-0.25, -0.2) is 4.68 Å². The molecule has 1 N–H and O–H groups in total. The first-order valence-corrected chi connectivity index (χ1v) is 8.29. The molecule has 6 nitrogen and oxygen atoms in total. The van der Waals surface area contributed by atoms with Gasteiger partial charge in [0.15, 0.2) is 0 Å². The number of aromatic nitrogens is 2. The van der Waals surface area contributed by atoms with Gasteiger partial charge in [0.2, 0.25) is 0 Å². The van der Waals surface area contributed by atoms with E-state index in [9.17, 15) is 10.1 Å². The molecular formula is C21H18N4O2. The van der Waals surface area contributed by atoms with Gasteiger partial charge >= 0.3 is 0 Å². The molecule has 0 aliphatic heterocycles. The Hall–Kier alpha value is -3.85. The summed E-state index contributed by atoms with van der Waals surface area (Å²) in [6.07, 6.45) is 3.35. The number of hydrogen-bond acceptors (Lipinski definition) is 4. The van der Waals surface area contributed by atoms with Crippen LogP contribution in [0.25, 0.3) is 23.0 Å². The molecule has 0 aliphatic rings. The zero-order valence-electron chi connectivity index (χ0n) is 15.0. The van der Waals surface area contributed by atoms with Crippen molar-refractivity contribution in [1.29, 1.82) is 5.26 Å². The first kappa shape index (κ1) is 18.0. The molecule has 0 spiro atoms. The van der Waals surface area contributed by atoms with Gasteiger partial charge in [-0.05, 0) is 42.5 Å². The van der Waals surface area contributed by atoms with Crippen LogP contribution in [0.2, 0.25) is 0 Å². The third-order valence-electron chi connectivity index (χ3n) is 4.02. The second-order valence-corrected chi connectivity index (χ2v) is 5.69. The first-order valence-electron chi connectivity index (χ1n) is 8.29. The number of nitrogens with zero attached hydrogens (tertiary/aromatic N) is 3. The van der Waals surface area contributed by atoms with Crippen molar-refractivity contribution in [1.82, 2.24) is 15.1 Å². The Morgan fingerprint density at radius 2 is 1.89 bits per heavy atom. The van der Waals surface area contributed by atoms with E-state index >= 15 is 0 Å². The summed E-state index contributed by atoms with van der Waals surface area (Å²) < 4.78 is 6.93. The predicted molar refractivity (Wildman–Crippen MR) is 103 cm³/mol. The molecule has 6 heteroatoms. The van der Waals surface area contributed by atoms with Gasteiger partial charge in [0.05, 0.1) is 18.5 Å². The second-order valence-electron chi connectivity index (χ2n) is 5.69. The SMILES string of the molecule is CNC(=O)/C(C#N)=C/c1cn(-c2ccccc2)nc1-c1ccc(OC)cc1. The molecule has 0 unspecified atom stereocenters. The summed E-state index contributed by atoms with van der Waals surface area (Å²) in [5.41, 5.74) is 3.08. The molecule has 3 rings (SSSR count). The average Bonchev–Trinajstić information content (AvgIpc) is 3.16. The van der Waals surface area contributed by atoms with Crippen LogP contribution in [0.15, 0.2) is 66.4 Å². The van der Waals surface area contributed by atoms with E-state index in [0.717, 1.165) is 17.0 Å². The summed E-state index contributed by atoms with van der Waals surface area (Å²) in [4.78, 5) is 11.9. The Balaban J connectivity index is 2.14. The fourth-order valence-electron chi connectivity index (χ4n) is 2.62. The van der Waals surface area contributed by atoms with E-state index in [1.807, 2.05) is 60.7 Å². The first-order chi connectivity index (χ1) is 13.2. The number of methoxy groups -OCH3 is 1. The topological polar surface area (TPSA) is 79.9 Å². The zero-order valence-corrected chi connectivity index (χ0v) is 15.0. The summed E-state index contributed by atoms with van der Waals surface area (Å²) in [6.45, 7) is 0. The van der Waals surface area contributed by atoms with Crippen LogP contribution in [0.1, 0.15) is 5.56 Å². The minimum atomic E-state index is -0.439. The molecule has 1 amide bonds. The molecule has 3 aromatic rings. The number of benzene rings is 2. The lowest BCUT2D eigenvalue weighted by molar-refractivity contribution is -0.116. The highest BCUT2D eigenvalue weighted by Gasteiger charge is 2.14. The molecule has 134 valence electrons. The average molecular weight is 358 g/mol. The van der Waals surface area contributed by atoms with Crippen molar-refractivity contribution in [3.05, 3.63) is 71.9 Å². The fraction of sp³-hybridized carbons (Fsp3) is 0.0952. The van der Waals surface area contributed by atoms with Gasteiger partial charge in [-0.15, -0.1) is 0 Å². The predicted octanol–water partition coefficient (Wildman–Crippen LogP) is 3.20. The minimum absolute atomic E-state index is 0.0138. The van der Waals surface area contributed by atoms with Crippen molar-refractivity contribution in [2.24, 2.45) is 0 Å². The number of ether oxygens (including phenoxy) is 1. The van der Waals surface area contributed by atoms with E-state index in [1.54, 1.807) is 24.1 Å². The lowest BCUT2D eigenvalue weighted by Gasteiger charge is -2.03. The van der Waals surface area contributed by atoms with Crippen LogP contribution >= 0.6 is 0 Å². The van der Waals surface area contributed by atoms with E-state index in [4.69, 9.17) is 4.74 Å². The molecule has 0 fully saturated rings. The van der Waals surface area contributed by atoms with Crippen molar-refractivity contribution in [3.8, 4) is 28.8 Å². The van der Waals surface area contributed by atoms with Gasteiger partial charge in [-0.2, -0.15) is 10.4 Å². The number of amides is 1.